The van der Waals surface area contributed by atoms with Gasteiger partial charge in [-0.3, -0.25) is 4.72 Å². The van der Waals surface area contributed by atoms with Gasteiger partial charge in [0, 0.05) is 28.8 Å². The first-order valence-corrected chi connectivity index (χ1v) is 13.2. The number of benzene rings is 2. The summed E-state index contributed by atoms with van der Waals surface area (Å²) < 4.78 is 29.8. The van der Waals surface area contributed by atoms with Gasteiger partial charge in [-0.05, 0) is 67.3 Å². The average Bonchev–Trinajstić information content (AvgIpc) is 2.84. The van der Waals surface area contributed by atoms with E-state index >= 15 is 0 Å². The van der Waals surface area contributed by atoms with Crippen LogP contribution in [-0.2, 0) is 10.0 Å². The second kappa shape index (κ2) is 9.19. The maximum Gasteiger partial charge on any atom is 0.263 e. The molecule has 0 spiro atoms. The second-order valence-corrected chi connectivity index (χ2v) is 10.8. The van der Waals surface area contributed by atoms with Gasteiger partial charge in [-0.2, -0.15) is 0 Å². The summed E-state index contributed by atoms with van der Waals surface area (Å²) in [5.74, 6) is 0.427. The largest absolute Gasteiger partial charge is 0.383 e. The van der Waals surface area contributed by atoms with E-state index in [0.29, 0.717) is 16.6 Å². The number of hydrogen-bond acceptors (Lipinski definition) is 7. The zero-order valence-electron chi connectivity index (χ0n) is 18.3. The van der Waals surface area contributed by atoms with E-state index in [2.05, 4.69) is 40.5 Å². The molecule has 4 aromatic rings. The SMILES string of the molecule is Nc1ncnc2nc(NS(=O)(=O)c3ccc(N4CCCCC4)cc3)cc(-c3cccc(Br)c3)c12. The van der Waals surface area contributed by atoms with Crippen molar-refractivity contribution >= 4 is 54.3 Å². The number of aromatic nitrogens is 3. The summed E-state index contributed by atoms with van der Waals surface area (Å²) in [5, 5.41) is 0.564. The number of nitrogens with zero attached hydrogens (tertiary/aromatic N) is 4. The quantitative estimate of drug-likeness (QED) is 0.374. The van der Waals surface area contributed by atoms with Gasteiger partial charge in [0.05, 0.1) is 10.3 Å². The van der Waals surface area contributed by atoms with Crippen LogP contribution in [0.15, 0.2) is 70.3 Å². The van der Waals surface area contributed by atoms with Crippen LogP contribution >= 0.6 is 15.9 Å². The van der Waals surface area contributed by atoms with Crippen LogP contribution in [0.3, 0.4) is 0 Å². The van der Waals surface area contributed by atoms with Gasteiger partial charge < -0.3 is 10.6 Å². The Labute approximate surface area is 206 Å². The van der Waals surface area contributed by atoms with Crippen molar-refractivity contribution in [1.29, 1.82) is 0 Å². The number of nitrogen functional groups attached to an aromatic ring is 1. The predicted molar refractivity (Wildman–Crippen MR) is 138 cm³/mol. The Hall–Kier alpha value is -3.24. The zero-order chi connectivity index (χ0) is 23.7. The van der Waals surface area contributed by atoms with Gasteiger partial charge in [0.1, 0.15) is 18.0 Å². The van der Waals surface area contributed by atoms with Gasteiger partial charge in [-0.1, -0.05) is 28.1 Å². The van der Waals surface area contributed by atoms with Crippen molar-refractivity contribution in [2.75, 3.05) is 28.4 Å². The molecular formula is C24H23BrN6O2S. The maximum absolute atomic E-state index is 13.2. The third-order valence-electron chi connectivity index (χ3n) is 5.88. The molecule has 0 saturated carbocycles. The first-order chi connectivity index (χ1) is 16.4. The summed E-state index contributed by atoms with van der Waals surface area (Å²) >= 11 is 3.48. The highest BCUT2D eigenvalue weighted by Crippen LogP contribution is 2.34. The number of hydrogen-bond donors (Lipinski definition) is 2. The van der Waals surface area contributed by atoms with Crippen molar-refractivity contribution in [3.8, 4) is 11.1 Å². The van der Waals surface area contributed by atoms with Crippen molar-refractivity contribution in [1.82, 2.24) is 15.0 Å². The van der Waals surface area contributed by atoms with E-state index < -0.39 is 10.0 Å². The molecule has 0 atom stereocenters. The summed E-state index contributed by atoms with van der Waals surface area (Å²) in [6.07, 6.45) is 4.87. The molecule has 0 bridgehead atoms. The number of rotatable bonds is 5. The Morgan fingerprint density at radius 3 is 2.47 bits per heavy atom. The van der Waals surface area contributed by atoms with E-state index in [1.165, 1.54) is 12.7 Å². The lowest BCUT2D eigenvalue weighted by Gasteiger charge is -2.28. The van der Waals surface area contributed by atoms with Gasteiger partial charge in [-0.25, -0.2) is 23.4 Å². The molecule has 34 heavy (non-hydrogen) atoms. The van der Waals surface area contributed by atoms with Gasteiger partial charge in [-0.15, -0.1) is 0 Å². The topological polar surface area (TPSA) is 114 Å². The average molecular weight is 539 g/mol. The number of nitrogens with one attached hydrogen (secondary N) is 1. The smallest absolute Gasteiger partial charge is 0.263 e. The van der Waals surface area contributed by atoms with E-state index in [-0.39, 0.29) is 16.5 Å². The lowest BCUT2D eigenvalue weighted by molar-refractivity contribution is 0.577. The number of pyridine rings is 1. The summed E-state index contributed by atoms with van der Waals surface area (Å²) in [5.41, 5.74) is 8.98. The molecule has 2 aromatic heterocycles. The van der Waals surface area contributed by atoms with Crippen molar-refractivity contribution in [2.45, 2.75) is 24.2 Å². The molecule has 0 unspecified atom stereocenters. The van der Waals surface area contributed by atoms with E-state index in [9.17, 15) is 8.42 Å². The monoisotopic (exact) mass is 538 g/mol. The highest BCUT2D eigenvalue weighted by Gasteiger charge is 2.19. The standard InChI is InChI=1S/C24H23BrN6O2S/c25-17-6-4-5-16(13-17)20-14-21(29-24-22(20)23(26)27-15-28-24)30-34(32,33)19-9-7-18(8-10-19)31-11-2-1-3-12-31/h4-10,13-15H,1-3,11-12H2,(H3,26,27,28,29,30). The lowest BCUT2D eigenvalue weighted by atomic mass is 10.0. The molecule has 174 valence electrons. The maximum atomic E-state index is 13.2. The molecule has 10 heteroatoms. The predicted octanol–water partition coefficient (Wildman–Crippen LogP) is 4.83. The van der Waals surface area contributed by atoms with Gasteiger partial charge in [0.15, 0.2) is 5.65 Å². The minimum Gasteiger partial charge on any atom is -0.383 e. The Kier molecular flexibility index (Phi) is 6.09. The first-order valence-electron chi connectivity index (χ1n) is 11.0. The van der Waals surface area contributed by atoms with Crippen LogP contribution in [0.1, 0.15) is 19.3 Å². The molecule has 5 rings (SSSR count). The molecule has 3 N–H and O–H groups in total. The van der Waals surface area contributed by atoms with Crippen molar-refractivity contribution in [2.24, 2.45) is 0 Å². The van der Waals surface area contributed by atoms with Gasteiger partial charge in [0.2, 0.25) is 0 Å². The number of piperidine rings is 1. The molecule has 0 radical (unpaired) electrons. The molecule has 3 heterocycles. The number of sulfonamides is 1. The van der Waals surface area contributed by atoms with Crippen LogP contribution in [-0.4, -0.2) is 36.5 Å². The van der Waals surface area contributed by atoms with E-state index in [1.807, 2.05) is 36.4 Å². The Morgan fingerprint density at radius 2 is 1.74 bits per heavy atom. The minimum atomic E-state index is -3.86. The second-order valence-electron chi connectivity index (χ2n) is 8.17. The molecule has 0 amide bonds. The number of nitrogens with two attached hydrogens (primary N) is 1. The fraction of sp³-hybridized carbons (Fsp3) is 0.208. The van der Waals surface area contributed by atoms with Crippen LogP contribution in [0.2, 0.25) is 0 Å². The Balaban J connectivity index is 1.51. The zero-order valence-corrected chi connectivity index (χ0v) is 20.7. The highest BCUT2D eigenvalue weighted by molar-refractivity contribution is 9.10. The summed E-state index contributed by atoms with van der Waals surface area (Å²) in [7, 11) is -3.86. The summed E-state index contributed by atoms with van der Waals surface area (Å²) in [6, 6.07) is 16.2. The third kappa shape index (κ3) is 4.55. The number of anilines is 3. The van der Waals surface area contributed by atoms with Crippen LogP contribution in [0.25, 0.3) is 22.2 Å². The van der Waals surface area contributed by atoms with E-state index in [4.69, 9.17) is 5.73 Å². The third-order valence-corrected chi connectivity index (χ3v) is 7.74. The van der Waals surface area contributed by atoms with Crippen molar-refractivity contribution in [3.05, 3.63) is 65.4 Å². The highest BCUT2D eigenvalue weighted by atomic mass is 79.9. The molecule has 8 nitrogen and oxygen atoms in total. The molecule has 1 aliphatic heterocycles. The van der Waals surface area contributed by atoms with Crippen LogP contribution in [0, 0.1) is 0 Å². The van der Waals surface area contributed by atoms with E-state index in [1.54, 1.807) is 18.2 Å². The van der Waals surface area contributed by atoms with Crippen LogP contribution < -0.4 is 15.4 Å². The lowest BCUT2D eigenvalue weighted by Crippen LogP contribution is -2.29. The summed E-state index contributed by atoms with van der Waals surface area (Å²) in [4.78, 5) is 15.2. The molecule has 1 fully saturated rings. The van der Waals surface area contributed by atoms with Crippen molar-refractivity contribution < 1.29 is 8.42 Å². The van der Waals surface area contributed by atoms with Crippen LogP contribution in [0.4, 0.5) is 17.3 Å². The van der Waals surface area contributed by atoms with Crippen molar-refractivity contribution in [3.63, 3.8) is 0 Å². The first kappa shape index (κ1) is 22.5. The number of fused-ring (bicyclic) bond motifs is 1. The van der Waals surface area contributed by atoms with Gasteiger partial charge >= 0.3 is 0 Å². The Bertz CT molecular complexity index is 1450. The molecular weight excluding hydrogens is 516 g/mol. The summed E-state index contributed by atoms with van der Waals surface area (Å²) in [6.45, 7) is 1.99. The van der Waals surface area contributed by atoms with Crippen LogP contribution in [0.5, 0.6) is 0 Å². The molecule has 1 aliphatic rings. The minimum absolute atomic E-state index is 0.153. The van der Waals surface area contributed by atoms with Gasteiger partial charge in [0.25, 0.3) is 10.0 Å². The molecule has 0 aliphatic carbocycles. The molecule has 1 saturated heterocycles. The fourth-order valence-corrected chi connectivity index (χ4v) is 5.60. The van der Waals surface area contributed by atoms with E-state index in [0.717, 1.165) is 41.7 Å². The normalized spacial score (nSPS) is 14.3. The molecule has 2 aromatic carbocycles. The number of halogens is 1. The fourth-order valence-electron chi connectivity index (χ4n) is 4.21. The Morgan fingerprint density at radius 1 is 0.971 bits per heavy atom.